The molecule has 0 radical (unpaired) electrons. The standard InChI is InChI=1S/C10H20N2O/c1-3-10(11-4-1)9-12-5-2-7-13-8-6-12/h10-11H,1-9H2. The zero-order chi connectivity index (χ0) is 8.93. The third kappa shape index (κ3) is 2.93. The number of nitrogens with zero attached hydrogens (tertiary/aromatic N) is 1. The van der Waals surface area contributed by atoms with Gasteiger partial charge >= 0.3 is 0 Å². The fourth-order valence-corrected chi connectivity index (χ4v) is 2.20. The maximum Gasteiger partial charge on any atom is 0.0593 e. The molecule has 0 amide bonds. The average Bonchev–Trinajstić information content (AvgIpc) is 2.49. The van der Waals surface area contributed by atoms with Gasteiger partial charge in [0.25, 0.3) is 0 Å². The van der Waals surface area contributed by atoms with Crippen LogP contribution in [0.2, 0.25) is 0 Å². The van der Waals surface area contributed by atoms with Crippen LogP contribution < -0.4 is 5.32 Å². The molecule has 2 fully saturated rings. The molecule has 2 rings (SSSR count). The van der Waals surface area contributed by atoms with Crippen LogP contribution in [0.3, 0.4) is 0 Å². The maximum atomic E-state index is 5.43. The molecule has 76 valence electrons. The van der Waals surface area contributed by atoms with Gasteiger partial charge in [0, 0.05) is 32.3 Å². The minimum atomic E-state index is 0.748. The summed E-state index contributed by atoms with van der Waals surface area (Å²) < 4.78 is 5.43. The number of rotatable bonds is 2. The topological polar surface area (TPSA) is 24.5 Å². The van der Waals surface area contributed by atoms with E-state index in [1.807, 2.05) is 0 Å². The van der Waals surface area contributed by atoms with E-state index in [0.29, 0.717) is 0 Å². The highest BCUT2D eigenvalue weighted by molar-refractivity contribution is 4.78. The Morgan fingerprint density at radius 3 is 3.08 bits per heavy atom. The van der Waals surface area contributed by atoms with E-state index >= 15 is 0 Å². The summed E-state index contributed by atoms with van der Waals surface area (Å²) in [5.41, 5.74) is 0. The van der Waals surface area contributed by atoms with E-state index in [4.69, 9.17) is 4.74 Å². The van der Waals surface area contributed by atoms with Gasteiger partial charge in [0.1, 0.15) is 0 Å². The van der Waals surface area contributed by atoms with E-state index in [1.54, 1.807) is 0 Å². The predicted molar refractivity (Wildman–Crippen MR) is 52.9 cm³/mol. The Morgan fingerprint density at radius 1 is 1.23 bits per heavy atom. The first kappa shape index (κ1) is 9.44. The molecule has 2 aliphatic heterocycles. The van der Waals surface area contributed by atoms with E-state index in [0.717, 1.165) is 25.8 Å². The summed E-state index contributed by atoms with van der Waals surface area (Å²) in [4.78, 5) is 2.54. The van der Waals surface area contributed by atoms with Crippen molar-refractivity contribution in [1.29, 1.82) is 0 Å². The van der Waals surface area contributed by atoms with Gasteiger partial charge in [-0.15, -0.1) is 0 Å². The molecule has 1 unspecified atom stereocenters. The van der Waals surface area contributed by atoms with Gasteiger partial charge in [0.15, 0.2) is 0 Å². The highest BCUT2D eigenvalue weighted by Gasteiger charge is 2.18. The van der Waals surface area contributed by atoms with Gasteiger partial charge in [-0.2, -0.15) is 0 Å². The second kappa shape index (κ2) is 4.94. The monoisotopic (exact) mass is 184 g/mol. The Bertz CT molecular complexity index is 138. The van der Waals surface area contributed by atoms with E-state index in [9.17, 15) is 0 Å². The van der Waals surface area contributed by atoms with Crippen LogP contribution in [0.15, 0.2) is 0 Å². The highest BCUT2D eigenvalue weighted by Crippen LogP contribution is 2.08. The largest absolute Gasteiger partial charge is 0.380 e. The number of ether oxygens (including phenoxy) is 1. The van der Waals surface area contributed by atoms with Gasteiger partial charge in [-0.25, -0.2) is 0 Å². The Morgan fingerprint density at radius 2 is 2.23 bits per heavy atom. The van der Waals surface area contributed by atoms with Crippen molar-refractivity contribution in [2.75, 3.05) is 39.4 Å². The highest BCUT2D eigenvalue weighted by atomic mass is 16.5. The van der Waals surface area contributed by atoms with Crippen molar-refractivity contribution in [1.82, 2.24) is 10.2 Å². The Balaban J connectivity index is 1.71. The summed E-state index contributed by atoms with van der Waals surface area (Å²) in [5.74, 6) is 0. The molecule has 0 bridgehead atoms. The first-order valence-corrected chi connectivity index (χ1v) is 5.48. The molecular weight excluding hydrogens is 164 g/mol. The van der Waals surface area contributed by atoms with Crippen LogP contribution in [0.4, 0.5) is 0 Å². The smallest absolute Gasteiger partial charge is 0.0593 e. The summed E-state index contributed by atoms with van der Waals surface area (Å²) >= 11 is 0. The zero-order valence-electron chi connectivity index (χ0n) is 8.30. The van der Waals surface area contributed by atoms with Crippen molar-refractivity contribution in [3.63, 3.8) is 0 Å². The number of hydrogen-bond acceptors (Lipinski definition) is 3. The quantitative estimate of drug-likeness (QED) is 0.675. The van der Waals surface area contributed by atoms with E-state index in [2.05, 4.69) is 10.2 Å². The number of hydrogen-bond donors (Lipinski definition) is 1. The maximum absolute atomic E-state index is 5.43. The van der Waals surface area contributed by atoms with Crippen LogP contribution >= 0.6 is 0 Å². The lowest BCUT2D eigenvalue weighted by molar-refractivity contribution is 0.140. The minimum Gasteiger partial charge on any atom is -0.380 e. The summed E-state index contributed by atoms with van der Waals surface area (Å²) in [6.07, 6.45) is 3.92. The zero-order valence-corrected chi connectivity index (χ0v) is 8.30. The molecule has 0 aliphatic carbocycles. The molecule has 2 heterocycles. The van der Waals surface area contributed by atoms with Crippen LogP contribution in [0.25, 0.3) is 0 Å². The van der Waals surface area contributed by atoms with Gasteiger partial charge < -0.3 is 10.1 Å². The molecule has 13 heavy (non-hydrogen) atoms. The lowest BCUT2D eigenvalue weighted by Gasteiger charge is -2.22. The molecule has 0 spiro atoms. The third-order valence-electron chi connectivity index (χ3n) is 2.96. The minimum absolute atomic E-state index is 0.748. The van der Waals surface area contributed by atoms with Gasteiger partial charge in [0.2, 0.25) is 0 Å². The molecule has 0 aromatic carbocycles. The lowest BCUT2D eigenvalue weighted by Crippen LogP contribution is -2.38. The first-order valence-electron chi connectivity index (χ1n) is 5.48. The van der Waals surface area contributed by atoms with Crippen molar-refractivity contribution in [3.05, 3.63) is 0 Å². The summed E-state index contributed by atoms with van der Waals surface area (Å²) in [6.45, 7) is 6.66. The molecule has 3 nitrogen and oxygen atoms in total. The van der Waals surface area contributed by atoms with E-state index in [-0.39, 0.29) is 0 Å². The van der Waals surface area contributed by atoms with Crippen LogP contribution in [0.1, 0.15) is 19.3 Å². The van der Waals surface area contributed by atoms with Crippen molar-refractivity contribution < 1.29 is 4.74 Å². The Kier molecular flexibility index (Phi) is 3.58. The second-order valence-corrected chi connectivity index (χ2v) is 4.06. The van der Waals surface area contributed by atoms with Gasteiger partial charge in [0.05, 0.1) is 6.61 Å². The van der Waals surface area contributed by atoms with Gasteiger partial charge in [-0.1, -0.05) is 0 Å². The predicted octanol–water partition coefficient (Wildman–Crippen LogP) is 0.461. The van der Waals surface area contributed by atoms with Crippen molar-refractivity contribution in [2.45, 2.75) is 25.3 Å². The van der Waals surface area contributed by atoms with Crippen molar-refractivity contribution in [3.8, 4) is 0 Å². The molecule has 1 atom stereocenters. The molecule has 2 aliphatic rings. The SMILES string of the molecule is C1CNC(CN2CCCOCC2)C1. The van der Waals surface area contributed by atoms with Crippen LogP contribution in [-0.2, 0) is 4.74 Å². The molecule has 0 saturated carbocycles. The summed E-state index contributed by atoms with van der Waals surface area (Å²) in [7, 11) is 0. The lowest BCUT2D eigenvalue weighted by atomic mass is 10.2. The Hall–Kier alpha value is -0.120. The average molecular weight is 184 g/mol. The first-order chi connectivity index (χ1) is 6.45. The summed E-state index contributed by atoms with van der Waals surface area (Å²) in [6, 6.07) is 0.748. The van der Waals surface area contributed by atoms with Crippen LogP contribution in [-0.4, -0.2) is 50.3 Å². The normalized spacial score (nSPS) is 31.8. The molecule has 3 heteroatoms. The Labute approximate surface area is 80.4 Å². The van der Waals surface area contributed by atoms with Crippen molar-refractivity contribution in [2.24, 2.45) is 0 Å². The molecule has 0 aromatic rings. The molecular formula is C10H20N2O. The van der Waals surface area contributed by atoms with Crippen LogP contribution in [0.5, 0.6) is 0 Å². The van der Waals surface area contributed by atoms with E-state index in [1.165, 1.54) is 38.9 Å². The molecule has 1 N–H and O–H groups in total. The fraction of sp³-hybridized carbons (Fsp3) is 1.00. The summed E-state index contributed by atoms with van der Waals surface area (Å²) in [5, 5.41) is 3.54. The fourth-order valence-electron chi connectivity index (χ4n) is 2.20. The van der Waals surface area contributed by atoms with E-state index < -0.39 is 0 Å². The molecule has 0 aromatic heterocycles. The number of nitrogens with one attached hydrogen (secondary N) is 1. The third-order valence-corrected chi connectivity index (χ3v) is 2.96. The van der Waals surface area contributed by atoms with Crippen LogP contribution in [0, 0.1) is 0 Å². The molecule has 2 saturated heterocycles. The van der Waals surface area contributed by atoms with Crippen molar-refractivity contribution >= 4 is 0 Å². The van der Waals surface area contributed by atoms with Gasteiger partial charge in [-0.3, -0.25) is 4.90 Å². The van der Waals surface area contributed by atoms with Gasteiger partial charge in [-0.05, 0) is 25.8 Å². The second-order valence-electron chi connectivity index (χ2n) is 4.06.